The lowest BCUT2D eigenvalue weighted by Crippen LogP contribution is -2.18. The Bertz CT molecular complexity index is 295. The van der Waals surface area contributed by atoms with Gasteiger partial charge in [-0.25, -0.2) is 0 Å². The Balaban J connectivity index is 1.88. The lowest BCUT2D eigenvalue weighted by atomic mass is 10.2. The first-order valence-corrected chi connectivity index (χ1v) is 5.06. The molecule has 0 aromatic heterocycles. The van der Waals surface area contributed by atoms with E-state index in [1.165, 1.54) is 6.42 Å². The highest BCUT2D eigenvalue weighted by Crippen LogP contribution is 2.18. The smallest absolute Gasteiger partial charge is 0.0748 e. The Labute approximate surface area is 84.3 Å². The van der Waals surface area contributed by atoms with Crippen molar-refractivity contribution in [3.63, 3.8) is 0 Å². The molecule has 0 bridgehead atoms. The second-order valence-electron chi connectivity index (χ2n) is 3.60. The van der Waals surface area contributed by atoms with E-state index in [9.17, 15) is 0 Å². The second kappa shape index (κ2) is 4.33. The molecule has 3 nitrogen and oxygen atoms in total. The summed E-state index contributed by atoms with van der Waals surface area (Å²) in [5.41, 5.74) is 7.60. The molecule has 3 N–H and O–H groups in total. The third-order valence-electron chi connectivity index (χ3n) is 2.50. The zero-order valence-electron chi connectivity index (χ0n) is 8.20. The molecule has 1 aromatic carbocycles. The first-order valence-electron chi connectivity index (χ1n) is 5.06. The van der Waals surface area contributed by atoms with E-state index in [1.807, 2.05) is 24.3 Å². The number of ether oxygens (including phenoxy) is 1. The van der Waals surface area contributed by atoms with Crippen LogP contribution >= 0.6 is 0 Å². The van der Waals surface area contributed by atoms with E-state index in [1.54, 1.807) is 0 Å². The van der Waals surface area contributed by atoms with Crippen molar-refractivity contribution >= 4 is 11.4 Å². The summed E-state index contributed by atoms with van der Waals surface area (Å²) in [4.78, 5) is 0. The summed E-state index contributed by atoms with van der Waals surface area (Å²) in [7, 11) is 0. The zero-order chi connectivity index (χ0) is 9.80. The topological polar surface area (TPSA) is 47.3 Å². The highest BCUT2D eigenvalue weighted by molar-refractivity contribution is 5.65. The van der Waals surface area contributed by atoms with Crippen molar-refractivity contribution in [2.45, 2.75) is 18.9 Å². The van der Waals surface area contributed by atoms with Crippen molar-refractivity contribution < 1.29 is 4.74 Å². The summed E-state index contributed by atoms with van der Waals surface area (Å²) in [5, 5.41) is 3.30. The maximum absolute atomic E-state index is 5.80. The summed E-state index contributed by atoms with van der Waals surface area (Å²) < 4.78 is 5.51. The molecule has 0 spiro atoms. The maximum Gasteiger partial charge on any atom is 0.0748 e. The van der Waals surface area contributed by atoms with Gasteiger partial charge >= 0.3 is 0 Å². The van der Waals surface area contributed by atoms with Crippen LogP contribution in [0.2, 0.25) is 0 Å². The average molecular weight is 192 g/mol. The van der Waals surface area contributed by atoms with Gasteiger partial charge in [-0.2, -0.15) is 0 Å². The molecule has 1 fully saturated rings. The van der Waals surface area contributed by atoms with Crippen LogP contribution in [-0.2, 0) is 4.74 Å². The number of nitrogens with two attached hydrogens (primary N) is 1. The van der Waals surface area contributed by atoms with Gasteiger partial charge in [0.05, 0.1) is 17.5 Å². The van der Waals surface area contributed by atoms with Crippen LogP contribution in [0.3, 0.4) is 0 Å². The highest BCUT2D eigenvalue weighted by Gasteiger charge is 2.14. The fourth-order valence-corrected chi connectivity index (χ4v) is 1.69. The van der Waals surface area contributed by atoms with Gasteiger partial charge in [0, 0.05) is 13.2 Å². The standard InChI is InChI=1S/C11H16N2O/c12-10-5-1-2-6-11(10)13-8-9-4-3-7-14-9/h1-2,5-6,9,13H,3-4,7-8,12H2/t9-/m1/s1. The summed E-state index contributed by atoms with van der Waals surface area (Å²) in [6, 6.07) is 7.81. The summed E-state index contributed by atoms with van der Waals surface area (Å²) >= 11 is 0. The minimum Gasteiger partial charge on any atom is -0.397 e. The molecule has 0 aliphatic carbocycles. The number of rotatable bonds is 3. The van der Waals surface area contributed by atoms with Gasteiger partial charge in [-0.15, -0.1) is 0 Å². The van der Waals surface area contributed by atoms with Gasteiger partial charge in [0.15, 0.2) is 0 Å². The molecule has 1 heterocycles. The van der Waals surface area contributed by atoms with Crippen molar-refractivity contribution in [2.75, 3.05) is 24.2 Å². The molecule has 0 unspecified atom stereocenters. The van der Waals surface area contributed by atoms with E-state index in [0.29, 0.717) is 6.10 Å². The van der Waals surface area contributed by atoms with E-state index in [-0.39, 0.29) is 0 Å². The van der Waals surface area contributed by atoms with Crippen molar-refractivity contribution in [3.05, 3.63) is 24.3 Å². The lowest BCUT2D eigenvalue weighted by Gasteiger charge is -2.13. The molecule has 1 aliphatic rings. The van der Waals surface area contributed by atoms with Gasteiger partial charge in [0.1, 0.15) is 0 Å². The van der Waals surface area contributed by atoms with E-state index in [4.69, 9.17) is 10.5 Å². The predicted octanol–water partition coefficient (Wildman–Crippen LogP) is 1.86. The van der Waals surface area contributed by atoms with Gasteiger partial charge in [-0.1, -0.05) is 12.1 Å². The Morgan fingerprint density at radius 3 is 3.00 bits per heavy atom. The molecule has 1 atom stereocenters. The van der Waals surface area contributed by atoms with Crippen LogP contribution in [0.4, 0.5) is 11.4 Å². The first kappa shape index (κ1) is 9.34. The predicted molar refractivity (Wildman–Crippen MR) is 58.3 cm³/mol. The molecule has 0 amide bonds. The Morgan fingerprint density at radius 2 is 2.29 bits per heavy atom. The monoisotopic (exact) mass is 192 g/mol. The summed E-state index contributed by atoms with van der Waals surface area (Å²) in [6.07, 6.45) is 2.69. The number of nitrogens with one attached hydrogen (secondary N) is 1. The first-order chi connectivity index (χ1) is 6.86. The quantitative estimate of drug-likeness (QED) is 0.719. The van der Waals surface area contributed by atoms with Gasteiger partial charge < -0.3 is 15.8 Å². The Kier molecular flexibility index (Phi) is 2.89. The van der Waals surface area contributed by atoms with Gasteiger partial charge in [0.2, 0.25) is 0 Å². The molecule has 2 rings (SSSR count). The van der Waals surface area contributed by atoms with Crippen molar-refractivity contribution in [1.82, 2.24) is 0 Å². The number of benzene rings is 1. The van der Waals surface area contributed by atoms with Gasteiger partial charge in [-0.3, -0.25) is 0 Å². The van der Waals surface area contributed by atoms with Crippen LogP contribution in [0.1, 0.15) is 12.8 Å². The fourth-order valence-electron chi connectivity index (χ4n) is 1.69. The molecule has 76 valence electrons. The largest absolute Gasteiger partial charge is 0.397 e. The fraction of sp³-hybridized carbons (Fsp3) is 0.455. The molecule has 1 saturated heterocycles. The number of para-hydroxylation sites is 2. The molecule has 0 radical (unpaired) electrons. The zero-order valence-corrected chi connectivity index (χ0v) is 8.20. The number of anilines is 2. The second-order valence-corrected chi connectivity index (χ2v) is 3.60. The van der Waals surface area contributed by atoms with Crippen LogP contribution < -0.4 is 11.1 Å². The van der Waals surface area contributed by atoms with E-state index >= 15 is 0 Å². The van der Waals surface area contributed by atoms with Crippen LogP contribution in [-0.4, -0.2) is 19.3 Å². The number of hydrogen-bond donors (Lipinski definition) is 2. The van der Waals surface area contributed by atoms with Gasteiger partial charge in [-0.05, 0) is 25.0 Å². The van der Waals surface area contributed by atoms with Crippen LogP contribution in [0.25, 0.3) is 0 Å². The van der Waals surface area contributed by atoms with Crippen molar-refractivity contribution in [1.29, 1.82) is 0 Å². The Morgan fingerprint density at radius 1 is 1.43 bits per heavy atom. The lowest BCUT2D eigenvalue weighted by molar-refractivity contribution is 0.120. The van der Waals surface area contributed by atoms with E-state index in [2.05, 4.69) is 5.32 Å². The molecule has 0 saturated carbocycles. The minimum absolute atomic E-state index is 0.356. The van der Waals surface area contributed by atoms with Crippen LogP contribution in [0.5, 0.6) is 0 Å². The van der Waals surface area contributed by atoms with Crippen LogP contribution in [0, 0.1) is 0 Å². The average Bonchev–Trinajstić information content (AvgIpc) is 2.69. The normalized spacial score (nSPS) is 21.0. The molecule has 1 aromatic rings. The number of nitrogen functional groups attached to an aromatic ring is 1. The molecule has 14 heavy (non-hydrogen) atoms. The molecular weight excluding hydrogens is 176 g/mol. The minimum atomic E-state index is 0.356. The highest BCUT2D eigenvalue weighted by atomic mass is 16.5. The molecule has 3 heteroatoms. The molecule has 1 aliphatic heterocycles. The molecular formula is C11H16N2O. The third-order valence-corrected chi connectivity index (χ3v) is 2.50. The Hall–Kier alpha value is -1.22. The van der Waals surface area contributed by atoms with Crippen LogP contribution in [0.15, 0.2) is 24.3 Å². The van der Waals surface area contributed by atoms with Gasteiger partial charge in [0.25, 0.3) is 0 Å². The van der Waals surface area contributed by atoms with E-state index < -0.39 is 0 Å². The number of hydrogen-bond acceptors (Lipinski definition) is 3. The van der Waals surface area contributed by atoms with Crippen molar-refractivity contribution in [3.8, 4) is 0 Å². The van der Waals surface area contributed by atoms with Crippen molar-refractivity contribution in [2.24, 2.45) is 0 Å². The SMILES string of the molecule is Nc1ccccc1NC[C@H]1CCCO1. The maximum atomic E-state index is 5.80. The van der Waals surface area contributed by atoms with E-state index in [0.717, 1.165) is 30.9 Å². The third kappa shape index (κ3) is 2.17. The summed E-state index contributed by atoms with van der Waals surface area (Å²) in [5.74, 6) is 0. The summed E-state index contributed by atoms with van der Waals surface area (Å²) in [6.45, 7) is 1.75.